The summed E-state index contributed by atoms with van der Waals surface area (Å²) in [4.78, 5) is 24.4. The molecule has 156 valence electrons. The highest BCUT2D eigenvalue weighted by molar-refractivity contribution is 5.81. The molecule has 0 heterocycles. The van der Waals surface area contributed by atoms with E-state index in [1.165, 1.54) is 0 Å². The molecular weight excluding hydrogens is 370 g/mol. The van der Waals surface area contributed by atoms with Gasteiger partial charge < -0.3 is 19.5 Å². The lowest BCUT2D eigenvalue weighted by molar-refractivity contribution is -0.145. The zero-order valence-electron chi connectivity index (χ0n) is 17.4. The Morgan fingerprint density at radius 2 is 1.69 bits per heavy atom. The van der Waals surface area contributed by atoms with Crippen molar-refractivity contribution < 1.29 is 23.8 Å². The molecule has 0 saturated heterocycles. The number of esters is 1. The van der Waals surface area contributed by atoms with Crippen molar-refractivity contribution in [3.05, 3.63) is 65.7 Å². The summed E-state index contributed by atoms with van der Waals surface area (Å²) in [6.07, 6.45) is -0.396. The summed E-state index contributed by atoms with van der Waals surface area (Å²) in [5.41, 5.74) is 1.24. The summed E-state index contributed by atoms with van der Waals surface area (Å²) in [6, 6.07) is 16.4. The van der Waals surface area contributed by atoms with E-state index in [1.54, 1.807) is 27.7 Å². The van der Waals surface area contributed by atoms with Gasteiger partial charge in [0.2, 0.25) is 0 Å². The molecule has 0 aliphatic carbocycles. The molecule has 2 aromatic carbocycles. The second-order valence-corrected chi connectivity index (χ2v) is 7.58. The third kappa shape index (κ3) is 8.25. The standard InChI is InChI=1S/C23H29NO5/c1-5-27-21(25)20(24-22(26)29-23(2,3)4)15-18-12-9-13-19(14-18)28-16-17-10-7-6-8-11-17/h6-14,20H,5,15-16H2,1-4H3,(H,24,26). The third-order valence-corrected chi connectivity index (χ3v) is 3.85. The van der Waals surface area contributed by atoms with E-state index in [2.05, 4.69) is 5.32 Å². The molecule has 0 bridgehead atoms. The normalized spacial score (nSPS) is 12.0. The van der Waals surface area contributed by atoms with E-state index < -0.39 is 23.7 Å². The molecule has 6 nitrogen and oxygen atoms in total. The van der Waals surface area contributed by atoms with Crippen LogP contribution in [-0.4, -0.2) is 30.3 Å². The summed E-state index contributed by atoms with van der Waals surface area (Å²) in [5, 5.41) is 2.61. The Balaban J connectivity index is 2.05. The average Bonchev–Trinajstić information content (AvgIpc) is 2.66. The Bertz CT molecular complexity index is 798. The molecule has 0 spiro atoms. The summed E-state index contributed by atoms with van der Waals surface area (Å²) in [7, 11) is 0. The molecular formula is C23H29NO5. The fourth-order valence-electron chi connectivity index (χ4n) is 2.62. The van der Waals surface area contributed by atoms with Gasteiger partial charge >= 0.3 is 12.1 Å². The van der Waals surface area contributed by atoms with Gasteiger partial charge in [0.05, 0.1) is 6.61 Å². The first-order valence-electron chi connectivity index (χ1n) is 9.68. The molecule has 6 heteroatoms. The van der Waals surface area contributed by atoms with Crippen LogP contribution in [-0.2, 0) is 27.3 Å². The molecule has 1 N–H and O–H groups in total. The van der Waals surface area contributed by atoms with Crippen molar-refractivity contribution in [1.29, 1.82) is 0 Å². The van der Waals surface area contributed by atoms with Crippen LogP contribution >= 0.6 is 0 Å². The molecule has 2 rings (SSSR count). The van der Waals surface area contributed by atoms with Gasteiger partial charge in [0.15, 0.2) is 0 Å². The smallest absolute Gasteiger partial charge is 0.408 e. The van der Waals surface area contributed by atoms with Gasteiger partial charge in [0, 0.05) is 6.42 Å². The van der Waals surface area contributed by atoms with E-state index in [0.29, 0.717) is 12.4 Å². The van der Waals surface area contributed by atoms with Gasteiger partial charge in [0.25, 0.3) is 0 Å². The lowest BCUT2D eigenvalue weighted by Gasteiger charge is -2.23. The Labute approximate surface area is 172 Å². The molecule has 0 saturated carbocycles. The van der Waals surface area contributed by atoms with Crippen molar-refractivity contribution in [3.63, 3.8) is 0 Å². The second-order valence-electron chi connectivity index (χ2n) is 7.58. The summed E-state index contributed by atoms with van der Waals surface area (Å²) in [5.74, 6) is 0.181. The van der Waals surface area contributed by atoms with Gasteiger partial charge in [-0.3, -0.25) is 0 Å². The first-order valence-corrected chi connectivity index (χ1v) is 9.68. The molecule has 0 radical (unpaired) electrons. The van der Waals surface area contributed by atoms with Gasteiger partial charge in [-0.25, -0.2) is 9.59 Å². The minimum atomic E-state index is -0.853. The molecule has 1 atom stereocenters. The van der Waals surface area contributed by atoms with E-state index in [9.17, 15) is 9.59 Å². The quantitative estimate of drug-likeness (QED) is 0.671. The fourth-order valence-corrected chi connectivity index (χ4v) is 2.62. The van der Waals surface area contributed by atoms with Crippen LogP contribution in [0.3, 0.4) is 0 Å². The highest BCUT2D eigenvalue weighted by atomic mass is 16.6. The van der Waals surface area contributed by atoms with Crippen LogP contribution < -0.4 is 10.1 Å². The van der Waals surface area contributed by atoms with Crippen LogP contribution in [0.15, 0.2) is 54.6 Å². The van der Waals surface area contributed by atoms with Crippen LogP contribution in [0.25, 0.3) is 0 Å². The zero-order chi connectivity index (χ0) is 21.3. The minimum absolute atomic E-state index is 0.228. The molecule has 0 aliphatic rings. The number of carbonyl (C=O) groups is 2. The number of carbonyl (C=O) groups excluding carboxylic acids is 2. The van der Waals surface area contributed by atoms with Crippen LogP contribution in [0.4, 0.5) is 4.79 Å². The molecule has 0 fully saturated rings. The zero-order valence-corrected chi connectivity index (χ0v) is 17.4. The van der Waals surface area contributed by atoms with Gasteiger partial charge in [-0.05, 0) is 51.0 Å². The number of rotatable bonds is 8. The Kier molecular flexibility index (Phi) is 8.07. The van der Waals surface area contributed by atoms with Gasteiger partial charge in [-0.1, -0.05) is 42.5 Å². The predicted molar refractivity (Wildman–Crippen MR) is 111 cm³/mol. The van der Waals surface area contributed by atoms with E-state index in [0.717, 1.165) is 11.1 Å². The van der Waals surface area contributed by atoms with E-state index >= 15 is 0 Å². The molecule has 0 aliphatic heterocycles. The number of ether oxygens (including phenoxy) is 3. The number of hydrogen-bond donors (Lipinski definition) is 1. The third-order valence-electron chi connectivity index (χ3n) is 3.85. The Morgan fingerprint density at radius 3 is 2.34 bits per heavy atom. The SMILES string of the molecule is CCOC(=O)C(Cc1cccc(OCc2ccccc2)c1)NC(=O)OC(C)(C)C. The average molecular weight is 399 g/mol. The number of hydrogen-bond acceptors (Lipinski definition) is 5. The molecule has 1 unspecified atom stereocenters. The number of amides is 1. The highest BCUT2D eigenvalue weighted by Gasteiger charge is 2.25. The van der Waals surface area contributed by atoms with E-state index in [4.69, 9.17) is 14.2 Å². The Morgan fingerprint density at radius 1 is 1.00 bits per heavy atom. The van der Waals surface area contributed by atoms with E-state index in [-0.39, 0.29) is 13.0 Å². The first kappa shape index (κ1) is 22.3. The minimum Gasteiger partial charge on any atom is -0.489 e. The lowest BCUT2D eigenvalue weighted by Crippen LogP contribution is -2.45. The van der Waals surface area contributed by atoms with Gasteiger partial charge in [-0.2, -0.15) is 0 Å². The largest absolute Gasteiger partial charge is 0.489 e. The monoisotopic (exact) mass is 399 g/mol. The maximum Gasteiger partial charge on any atom is 0.408 e. The maximum atomic E-state index is 12.3. The maximum absolute atomic E-state index is 12.3. The summed E-state index contributed by atoms with van der Waals surface area (Å²) < 4.78 is 16.2. The fraction of sp³-hybridized carbons (Fsp3) is 0.391. The topological polar surface area (TPSA) is 73.9 Å². The summed E-state index contributed by atoms with van der Waals surface area (Å²) in [6.45, 7) is 7.69. The van der Waals surface area contributed by atoms with Crippen LogP contribution in [0.1, 0.15) is 38.8 Å². The van der Waals surface area contributed by atoms with Crippen molar-refractivity contribution in [2.45, 2.75) is 52.4 Å². The molecule has 29 heavy (non-hydrogen) atoms. The molecule has 0 aromatic heterocycles. The van der Waals surface area contributed by atoms with Crippen molar-refractivity contribution >= 4 is 12.1 Å². The number of nitrogens with one attached hydrogen (secondary N) is 1. The Hall–Kier alpha value is -3.02. The number of benzene rings is 2. The van der Waals surface area contributed by atoms with Crippen molar-refractivity contribution in [1.82, 2.24) is 5.32 Å². The molecule has 2 aromatic rings. The van der Waals surface area contributed by atoms with Gasteiger partial charge in [0.1, 0.15) is 24.0 Å². The summed E-state index contributed by atoms with van der Waals surface area (Å²) >= 11 is 0. The van der Waals surface area contributed by atoms with Crippen molar-refractivity contribution in [2.24, 2.45) is 0 Å². The van der Waals surface area contributed by atoms with Crippen molar-refractivity contribution in [2.75, 3.05) is 6.61 Å². The lowest BCUT2D eigenvalue weighted by atomic mass is 10.1. The number of alkyl carbamates (subject to hydrolysis) is 1. The first-order chi connectivity index (χ1) is 13.8. The van der Waals surface area contributed by atoms with Crippen LogP contribution in [0, 0.1) is 0 Å². The van der Waals surface area contributed by atoms with Crippen LogP contribution in [0.5, 0.6) is 5.75 Å². The predicted octanol–water partition coefficient (Wildman–Crippen LogP) is 4.26. The second kappa shape index (κ2) is 10.5. The van der Waals surface area contributed by atoms with Gasteiger partial charge in [-0.15, -0.1) is 0 Å². The molecule has 1 amide bonds. The highest BCUT2D eigenvalue weighted by Crippen LogP contribution is 2.17. The van der Waals surface area contributed by atoms with E-state index in [1.807, 2.05) is 54.6 Å². The van der Waals surface area contributed by atoms with Crippen LogP contribution in [0.2, 0.25) is 0 Å². The van der Waals surface area contributed by atoms with Crippen molar-refractivity contribution in [3.8, 4) is 5.75 Å².